The molecule has 1 N–H and O–H groups in total. The second kappa shape index (κ2) is 8.97. The van der Waals surface area contributed by atoms with Gasteiger partial charge >= 0.3 is 0 Å². The smallest absolute Gasteiger partial charge is 0.236 e. The van der Waals surface area contributed by atoms with Crippen molar-refractivity contribution in [2.45, 2.75) is 26.4 Å². The van der Waals surface area contributed by atoms with Gasteiger partial charge in [0.25, 0.3) is 0 Å². The summed E-state index contributed by atoms with van der Waals surface area (Å²) < 4.78 is 0. The summed E-state index contributed by atoms with van der Waals surface area (Å²) in [5.41, 5.74) is 3.93. The zero-order chi connectivity index (χ0) is 18.4. The predicted octanol–water partition coefficient (Wildman–Crippen LogP) is 2.99. The summed E-state index contributed by atoms with van der Waals surface area (Å²) in [5, 5.41) is 3.35. The highest BCUT2D eigenvalue weighted by atomic mass is 16.2. The van der Waals surface area contributed by atoms with Crippen molar-refractivity contribution in [1.82, 2.24) is 15.1 Å². The Balaban J connectivity index is 1.43. The van der Waals surface area contributed by atoms with Crippen LogP contribution in [-0.2, 0) is 11.3 Å². The summed E-state index contributed by atoms with van der Waals surface area (Å²) >= 11 is 0. The highest BCUT2D eigenvalue weighted by Gasteiger charge is 2.21. The van der Waals surface area contributed by atoms with Crippen LogP contribution in [0.25, 0.3) is 0 Å². The summed E-state index contributed by atoms with van der Waals surface area (Å²) in [7, 11) is 0. The number of nitrogens with zero attached hydrogens (tertiary/aromatic N) is 2. The van der Waals surface area contributed by atoms with Crippen LogP contribution in [0.4, 0.5) is 0 Å². The largest absolute Gasteiger partial charge is 0.339 e. The van der Waals surface area contributed by atoms with Gasteiger partial charge < -0.3 is 10.2 Å². The number of benzene rings is 2. The second-order valence-corrected chi connectivity index (χ2v) is 7.10. The van der Waals surface area contributed by atoms with E-state index in [1.54, 1.807) is 0 Å². The van der Waals surface area contributed by atoms with Crippen LogP contribution in [0.1, 0.15) is 29.7 Å². The minimum absolute atomic E-state index is 0.183. The standard InChI is InChI=1S/C22H29N3O/c1-18-8-6-7-11-21(18)17-24-12-14-25(15-13-24)22(26)16-23-19(2)20-9-4-3-5-10-20/h3-11,19,23H,12-17H2,1-2H3. The zero-order valence-electron chi connectivity index (χ0n) is 15.8. The van der Waals surface area contributed by atoms with Gasteiger partial charge in [-0.05, 0) is 30.5 Å². The first-order valence-corrected chi connectivity index (χ1v) is 9.46. The summed E-state index contributed by atoms with van der Waals surface area (Å²) in [4.78, 5) is 16.9. The number of rotatable bonds is 6. The van der Waals surface area contributed by atoms with E-state index in [2.05, 4.69) is 60.5 Å². The van der Waals surface area contributed by atoms with Gasteiger partial charge in [-0.25, -0.2) is 0 Å². The Morgan fingerprint density at radius 2 is 1.65 bits per heavy atom. The molecular weight excluding hydrogens is 322 g/mol. The molecule has 2 aromatic rings. The van der Waals surface area contributed by atoms with E-state index in [0.29, 0.717) is 6.54 Å². The van der Waals surface area contributed by atoms with Crippen LogP contribution in [0.5, 0.6) is 0 Å². The second-order valence-electron chi connectivity index (χ2n) is 7.10. The van der Waals surface area contributed by atoms with Crippen molar-refractivity contribution >= 4 is 5.91 Å². The van der Waals surface area contributed by atoms with Gasteiger partial charge in [0.05, 0.1) is 6.54 Å². The Morgan fingerprint density at radius 1 is 1.00 bits per heavy atom. The summed E-state index contributed by atoms with van der Waals surface area (Å²) in [6, 6.07) is 19.0. The number of carbonyl (C=O) groups excluding carboxylic acids is 1. The Bertz CT molecular complexity index is 708. The molecule has 0 bridgehead atoms. The molecule has 138 valence electrons. The molecule has 4 heteroatoms. The molecule has 1 atom stereocenters. The van der Waals surface area contributed by atoms with E-state index in [4.69, 9.17) is 0 Å². The lowest BCUT2D eigenvalue weighted by atomic mass is 10.1. The van der Waals surface area contributed by atoms with Gasteiger partial charge in [0.1, 0.15) is 0 Å². The van der Waals surface area contributed by atoms with Crippen molar-refractivity contribution in [1.29, 1.82) is 0 Å². The van der Waals surface area contributed by atoms with Crippen LogP contribution in [0.3, 0.4) is 0 Å². The van der Waals surface area contributed by atoms with Crippen LogP contribution in [-0.4, -0.2) is 48.4 Å². The molecule has 0 radical (unpaired) electrons. The Labute approximate surface area is 156 Å². The molecule has 4 nitrogen and oxygen atoms in total. The zero-order valence-corrected chi connectivity index (χ0v) is 15.8. The van der Waals surface area contributed by atoms with Gasteiger partial charge in [-0.2, -0.15) is 0 Å². The molecule has 0 saturated carbocycles. The summed E-state index contributed by atoms with van der Waals surface area (Å²) in [6.07, 6.45) is 0. The normalized spacial score (nSPS) is 16.5. The summed E-state index contributed by atoms with van der Waals surface area (Å²) in [6.45, 7) is 9.13. The topological polar surface area (TPSA) is 35.6 Å². The van der Waals surface area contributed by atoms with Gasteiger partial charge in [0, 0.05) is 38.8 Å². The number of amides is 1. The van der Waals surface area contributed by atoms with E-state index >= 15 is 0 Å². The lowest BCUT2D eigenvalue weighted by Crippen LogP contribution is -2.50. The van der Waals surface area contributed by atoms with Gasteiger partial charge in [0.15, 0.2) is 0 Å². The highest BCUT2D eigenvalue weighted by Crippen LogP contribution is 2.13. The maximum atomic E-state index is 12.5. The minimum Gasteiger partial charge on any atom is -0.339 e. The van der Waals surface area contributed by atoms with E-state index in [9.17, 15) is 4.79 Å². The number of aryl methyl sites for hydroxylation is 1. The van der Waals surface area contributed by atoms with Crippen molar-refractivity contribution in [3.8, 4) is 0 Å². The van der Waals surface area contributed by atoms with Crippen LogP contribution in [0, 0.1) is 6.92 Å². The van der Waals surface area contributed by atoms with E-state index in [1.165, 1.54) is 16.7 Å². The molecule has 26 heavy (non-hydrogen) atoms. The van der Waals surface area contributed by atoms with Crippen LogP contribution in [0.15, 0.2) is 54.6 Å². The molecule has 1 saturated heterocycles. The fourth-order valence-electron chi connectivity index (χ4n) is 3.40. The molecule has 1 unspecified atom stereocenters. The number of nitrogens with one attached hydrogen (secondary N) is 1. The fourth-order valence-corrected chi connectivity index (χ4v) is 3.40. The fraction of sp³-hybridized carbons (Fsp3) is 0.409. The quantitative estimate of drug-likeness (QED) is 0.869. The van der Waals surface area contributed by atoms with Crippen LogP contribution in [0.2, 0.25) is 0 Å². The molecule has 1 aliphatic rings. The lowest BCUT2D eigenvalue weighted by molar-refractivity contribution is -0.132. The van der Waals surface area contributed by atoms with E-state index < -0.39 is 0 Å². The Hall–Kier alpha value is -2.17. The van der Waals surface area contributed by atoms with Gasteiger partial charge in [-0.15, -0.1) is 0 Å². The molecule has 1 heterocycles. The predicted molar refractivity (Wildman–Crippen MR) is 106 cm³/mol. The maximum Gasteiger partial charge on any atom is 0.236 e. The Morgan fingerprint density at radius 3 is 2.35 bits per heavy atom. The molecule has 0 spiro atoms. The van der Waals surface area contributed by atoms with E-state index in [1.807, 2.05) is 23.1 Å². The molecule has 1 fully saturated rings. The average Bonchev–Trinajstić information content (AvgIpc) is 2.69. The third kappa shape index (κ3) is 4.93. The van der Waals surface area contributed by atoms with Crippen molar-refractivity contribution in [2.24, 2.45) is 0 Å². The highest BCUT2D eigenvalue weighted by molar-refractivity contribution is 5.78. The average molecular weight is 351 g/mol. The van der Waals surface area contributed by atoms with E-state index in [0.717, 1.165) is 32.7 Å². The number of hydrogen-bond donors (Lipinski definition) is 1. The maximum absolute atomic E-state index is 12.5. The van der Waals surface area contributed by atoms with E-state index in [-0.39, 0.29) is 11.9 Å². The van der Waals surface area contributed by atoms with Crippen molar-refractivity contribution in [2.75, 3.05) is 32.7 Å². The molecule has 3 rings (SSSR count). The molecule has 2 aromatic carbocycles. The van der Waals surface area contributed by atoms with Crippen LogP contribution >= 0.6 is 0 Å². The number of piperazine rings is 1. The molecule has 1 amide bonds. The molecule has 1 aliphatic heterocycles. The van der Waals surface area contributed by atoms with Crippen molar-refractivity contribution in [3.05, 3.63) is 71.3 Å². The van der Waals surface area contributed by atoms with Crippen molar-refractivity contribution in [3.63, 3.8) is 0 Å². The molecule has 0 aromatic heterocycles. The third-order valence-corrected chi connectivity index (χ3v) is 5.24. The lowest BCUT2D eigenvalue weighted by Gasteiger charge is -2.35. The van der Waals surface area contributed by atoms with Crippen LogP contribution < -0.4 is 5.32 Å². The number of hydrogen-bond acceptors (Lipinski definition) is 3. The monoisotopic (exact) mass is 351 g/mol. The molecular formula is C22H29N3O. The van der Waals surface area contributed by atoms with Gasteiger partial charge in [-0.3, -0.25) is 9.69 Å². The first kappa shape index (κ1) is 18.6. The minimum atomic E-state index is 0.183. The third-order valence-electron chi connectivity index (χ3n) is 5.24. The van der Waals surface area contributed by atoms with Gasteiger partial charge in [0.2, 0.25) is 5.91 Å². The van der Waals surface area contributed by atoms with Crippen molar-refractivity contribution < 1.29 is 4.79 Å². The first-order valence-electron chi connectivity index (χ1n) is 9.46. The summed E-state index contributed by atoms with van der Waals surface area (Å²) in [5.74, 6) is 0.198. The first-order chi connectivity index (χ1) is 12.6. The number of carbonyl (C=O) groups is 1. The van der Waals surface area contributed by atoms with Gasteiger partial charge in [-0.1, -0.05) is 54.6 Å². The SMILES string of the molecule is Cc1ccccc1CN1CCN(C(=O)CNC(C)c2ccccc2)CC1. The molecule has 0 aliphatic carbocycles. The Kier molecular flexibility index (Phi) is 6.42.